The van der Waals surface area contributed by atoms with Gasteiger partial charge in [0.25, 0.3) is 0 Å². The number of nitrogen functional groups attached to an aromatic ring is 2. The normalized spacial score (nSPS) is 17.1. The molecule has 0 unspecified atom stereocenters. The molecule has 1 aromatic rings. The summed E-state index contributed by atoms with van der Waals surface area (Å²) in [4.78, 5) is 4.43. The molecule has 1 aliphatic heterocycles. The van der Waals surface area contributed by atoms with E-state index in [1.807, 2.05) is 6.07 Å². The molecule has 0 amide bonds. The van der Waals surface area contributed by atoms with Gasteiger partial charge in [0, 0.05) is 32.7 Å². The van der Waals surface area contributed by atoms with Gasteiger partial charge in [0.1, 0.15) is 0 Å². The van der Waals surface area contributed by atoms with Crippen LogP contribution < -0.4 is 16.4 Å². The number of hydrogen-bond acceptors (Lipinski definition) is 5. The van der Waals surface area contributed by atoms with Gasteiger partial charge in [-0.25, -0.2) is 0 Å². The van der Waals surface area contributed by atoms with Crippen molar-refractivity contribution in [3.8, 4) is 0 Å². The van der Waals surface area contributed by atoms with E-state index in [2.05, 4.69) is 9.80 Å². The van der Waals surface area contributed by atoms with Crippen LogP contribution in [-0.4, -0.2) is 49.3 Å². The van der Waals surface area contributed by atoms with Crippen LogP contribution in [0.3, 0.4) is 0 Å². The molecule has 5 nitrogen and oxygen atoms in total. The fraction of sp³-hybridized carbons (Fsp3) is 0.500. The maximum absolute atomic E-state index is 8.91. The Balaban J connectivity index is 2.07. The number of piperazine rings is 1. The molecule has 1 saturated heterocycles. The largest absolute Gasteiger partial charge is 0.397 e. The Morgan fingerprint density at radius 1 is 1.11 bits per heavy atom. The van der Waals surface area contributed by atoms with E-state index < -0.39 is 0 Å². The Morgan fingerprint density at radius 2 is 1.72 bits per heavy atom. The molecule has 18 heavy (non-hydrogen) atoms. The Morgan fingerprint density at radius 3 is 2.33 bits per heavy atom. The summed E-state index contributed by atoms with van der Waals surface area (Å²) in [5.41, 5.74) is 13.5. The van der Waals surface area contributed by atoms with Crippen molar-refractivity contribution in [2.75, 3.05) is 55.7 Å². The maximum Gasteiger partial charge on any atom is 0.0661 e. The van der Waals surface area contributed by atoms with E-state index in [0.717, 1.165) is 38.4 Å². The van der Waals surface area contributed by atoms with E-state index in [4.69, 9.17) is 28.2 Å². The van der Waals surface area contributed by atoms with Crippen molar-refractivity contribution in [2.24, 2.45) is 0 Å². The first-order valence-electron chi connectivity index (χ1n) is 6.04. The first kappa shape index (κ1) is 13.3. The highest BCUT2D eigenvalue weighted by Gasteiger charge is 2.19. The van der Waals surface area contributed by atoms with Crippen LogP contribution in [0.2, 0.25) is 5.02 Å². The quantitative estimate of drug-likeness (QED) is 0.702. The molecule has 0 bridgehead atoms. The summed E-state index contributed by atoms with van der Waals surface area (Å²) in [5.74, 6) is 0. The minimum absolute atomic E-state index is 0.204. The highest BCUT2D eigenvalue weighted by atomic mass is 35.5. The highest BCUT2D eigenvalue weighted by molar-refractivity contribution is 6.33. The van der Waals surface area contributed by atoms with Crippen LogP contribution in [0.1, 0.15) is 0 Å². The molecule has 0 spiro atoms. The topological polar surface area (TPSA) is 78.8 Å². The second-order valence-electron chi connectivity index (χ2n) is 4.48. The zero-order valence-electron chi connectivity index (χ0n) is 10.3. The third-order valence-corrected chi connectivity index (χ3v) is 3.58. The fourth-order valence-electron chi connectivity index (χ4n) is 2.19. The smallest absolute Gasteiger partial charge is 0.0661 e. The number of halogens is 1. The van der Waals surface area contributed by atoms with Crippen LogP contribution in [0.25, 0.3) is 0 Å². The van der Waals surface area contributed by atoms with Crippen LogP contribution in [0.4, 0.5) is 17.1 Å². The van der Waals surface area contributed by atoms with E-state index in [0.29, 0.717) is 16.4 Å². The number of anilines is 3. The van der Waals surface area contributed by atoms with Gasteiger partial charge in [-0.05, 0) is 12.1 Å². The first-order chi connectivity index (χ1) is 8.61. The van der Waals surface area contributed by atoms with Crippen molar-refractivity contribution in [3.05, 3.63) is 17.2 Å². The van der Waals surface area contributed by atoms with Gasteiger partial charge in [-0.1, -0.05) is 11.6 Å². The number of nitrogens with zero attached hydrogens (tertiary/aromatic N) is 2. The molecule has 1 aliphatic rings. The standard InChI is InChI=1S/C12H19ClN4O/c13-9-7-10(14)11(15)8-12(9)17-3-1-16(2-4-17)5-6-18/h7-8,18H,1-6,14-15H2. The SMILES string of the molecule is Nc1cc(Cl)c(N2CCN(CCO)CC2)cc1N. The number of benzene rings is 1. The Kier molecular flexibility index (Phi) is 4.16. The second-order valence-corrected chi connectivity index (χ2v) is 4.89. The third-order valence-electron chi connectivity index (χ3n) is 3.28. The summed E-state index contributed by atoms with van der Waals surface area (Å²) >= 11 is 6.20. The maximum atomic E-state index is 8.91. The summed E-state index contributed by atoms with van der Waals surface area (Å²) in [7, 11) is 0. The minimum atomic E-state index is 0.204. The van der Waals surface area contributed by atoms with Gasteiger partial charge < -0.3 is 21.5 Å². The van der Waals surface area contributed by atoms with E-state index >= 15 is 0 Å². The van der Waals surface area contributed by atoms with E-state index in [1.54, 1.807) is 6.07 Å². The molecular weight excluding hydrogens is 252 g/mol. The van der Waals surface area contributed by atoms with Crippen LogP contribution in [-0.2, 0) is 0 Å². The van der Waals surface area contributed by atoms with E-state index in [1.165, 1.54) is 0 Å². The lowest BCUT2D eigenvalue weighted by Gasteiger charge is -2.36. The molecule has 5 N–H and O–H groups in total. The molecule has 0 saturated carbocycles. The van der Waals surface area contributed by atoms with Crippen molar-refractivity contribution in [1.29, 1.82) is 0 Å². The summed E-state index contributed by atoms with van der Waals surface area (Å²) in [6.07, 6.45) is 0. The first-order valence-corrected chi connectivity index (χ1v) is 6.42. The molecular formula is C12H19ClN4O. The molecule has 1 heterocycles. The second kappa shape index (κ2) is 5.65. The number of β-amino-alcohol motifs (C(OH)–C–C–N with tert-alkyl or cyclic N) is 1. The predicted molar refractivity (Wildman–Crippen MR) is 76.0 cm³/mol. The van der Waals surface area contributed by atoms with E-state index in [9.17, 15) is 0 Å². The van der Waals surface area contributed by atoms with E-state index in [-0.39, 0.29) is 6.61 Å². The average molecular weight is 271 g/mol. The van der Waals surface area contributed by atoms with Crippen LogP contribution in [0.15, 0.2) is 12.1 Å². The number of aliphatic hydroxyl groups is 1. The van der Waals surface area contributed by atoms with Gasteiger partial charge in [-0.3, -0.25) is 4.90 Å². The van der Waals surface area contributed by atoms with Crippen LogP contribution in [0.5, 0.6) is 0 Å². The number of rotatable bonds is 3. The molecule has 0 aliphatic carbocycles. The zero-order valence-corrected chi connectivity index (χ0v) is 11.0. The molecule has 6 heteroatoms. The third kappa shape index (κ3) is 2.80. The molecule has 2 rings (SSSR count). The van der Waals surface area contributed by atoms with Crippen molar-refractivity contribution in [3.63, 3.8) is 0 Å². The van der Waals surface area contributed by atoms with Gasteiger partial charge in [0.2, 0.25) is 0 Å². The average Bonchev–Trinajstić information content (AvgIpc) is 2.35. The number of aliphatic hydroxyl groups excluding tert-OH is 1. The summed E-state index contributed by atoms with van der Waals surface area (Å²) < 4.78 is 0. The van der Waals surface area contributed by atoms with Gasteiger partial charge in [0.15, 0.2) is 0 Å². The molecule has 0 aromatic heterocycles. The lowest BCUT2D eigenvalue weighted by Crippen LogP contribution is -2.47. The lowest BCUT2D eigenvalue weighted by atomic mass is 10.2. The van der Waals surface area contributed by atoms with Gasteiger partial charge in [0.05, 0.1) is 28.7 Å². The molecule has 0 atom stereocenters. The van der Waals surface area contributed by atoms with Gasteiger partial charge in [-0.2, -0.15) is 0 Å². The molecule has 0 radical (unpaired) electrons. The molecule has 1 aromatic carbocycles. The van der Waals surface area contributed by atoms with Crippen molar-refractivity contribution < 1.29 is 5.11 Å². The predicted octanol–water partition coefficient (Wildman–Crippen LogP) is 0.619. The monoisotopic (exact) mass is 270 g/mol. The Labute approximate surface area is 112 Å². The Bertz CT molecular complexity index is 419. The zero-order chi connectivity index (χ0) is 13.1. The van der Waals surface area contributed by atoms with Crippen molar-refractivity contribution in [1.82, 2.24) is 4.90 Å². The number of nitrogens with two attached hydrogens (primary N) is 2. The van der Waals surface area contributed by atoms with Crippen molar-refractivity contribution in [2.45, 2.75) is 0 Å². The van der Waals surface area contributed by atoms with Crippen LogP contribution >= 0.6 is 11.6 Å². The van der Waals surface area contributed by atoms with Crippen LogP contribution in [0, 0.1) is 0 Å². The number of hydrogen-bond donors (Lipinski definition) is 3. The van der Waals surface area contributed by atoms with Gasteiger partial charge in [-0.15, -0.1) is 0 Å². The minimum Gasteiger partial charge on any atom is -0.397 e. The Hall–Kier alpha value is -1.17. The molecule has 1 fully saturated rings. The summed E-state index contributed by atoms with van der Waals surface area (Å²) in [6, 6.07) is 3.53. The molecule has 100 valence electrons. The fourth-order valence-corrected chi connectivity index (χ4v) is 2.48. The lowest BCUT2D eigenvalue weighted by molar-refractivity contribution is 0.189. The van der Waals surface area contributed by atoms with Gasteiger partial charge >= 0.3 is 0 Å². The summed E-state index contributed by atoms with van der Waals surface area (Å²) in [5, 5.41) is 9.54. The summed E-state index contributed by atoms with van der Waals surface area (Å²) in [6.45, 7) is 4.52. The van der Waals surface area contributed by atoms with Crippen molar-refractivity contribution >= 4 is 28.7 Å². The highest BCUT2D eigenvalue weighted by Crippen LogP contribution is 2.32.